The molecule has 0 atom stereocenters. The summed E-state index contributed by atoms with van der Waals surface area (Å²) in [6.45, 7) is 0. The number of hydrogen-bond acceptors (Lipinski definition) is 8. The first-order chi connectivity index (χ1) is 15.7. The van der Waals surface area contributed by atoms with E-state index in [2.05, 4.69) is 25.9 Å². The second-order valence-electron chi connectivity index (χ2n) is 6.76. The molecule has 3 aromatic heterocycles. The van der Waals surface area contributed by atoms with E-state index >= 15 is 0 Å². The fourth-order valence-electron chi connectivity index (χ4n) is 3.36. The highest BCUT2D eigenvalue weighted by molar-refractivity contribution is 7.17. The monoisotopic (exact) mass is 441 g/mol. The first-order valence-electron chi connectivity index (χ1n) is 9.61. The number of nitrogens with one attached hydrogen (secondary N) is 1. The Morgan fingerprint density at radius 2 is 1.81 bits per heavy atom. The highest BCUT2D eigenvalue weighted by atomic mass is 32.1. The number of para-hydroxylation sites is 1. The third kappa shape index (κ3) is 3.72. The molecule has 0 aliphatic heterocycles. The second-order valence-corrected chi connectivity index (χ2v) is 7.62. The van der Waals surface area contributed by atoms with Crippen molar-refractivity contribution in [2.24, 2.45) is 5.10 Å². The van der Waals surface area contributed by atoms with Crippen LogP contribution in [0.25, 0.3) is 32.7 Å². The van der Waals surface area contributed by atoms with E-state index in [0.717, 1.165) is 21.3 Å². The molecule has 0 saturated carbocycles. The summed E-state index contributed by atoms with van der Waals surface area (Å²) in [5.74, 6) is 1.42. The number of fused-ring (bicyclic) bond motifs is 1. The Bertz CT molecular complexity index is 1440. The molecule has 156 valence electrons. The summed E-state index contributed by atoms with van der Waals surface area (Å²) in [5.41, 5.74) is 5.46. The van der Waals surface area contributed by atoms with Gasteiger partial charge in [-0.2, -0.15) is 5.10 Å². The van der Waals surface area contributed by atoms with E-state index in [1.807, 2.05) is 30.3 Å². The molecule has 5 aromatic rings. The van der Waals surface area contributed by atoms with Gasteiger partial charge >= 0.3 is 0 Å². The third-order valence-corrected chi connectivity index (χ3v) is 5.70. The lowest BCUT2D eigenvalue weighted by molar-refractivity contribution is -0.384. The normalized spacial score (nSPS) is 11.2. The first kappa shape index (κ1) is 19.6. The summed E-state index contributed by atoms with van der Waals surface area (Å²) in [4.78, 5) is 20.4. The van der Waals surface area contributed by atoms with Crippen LogP contribution in [0, 0.1) is 10.1 Å². The Morgan fingerprint density at radius 1 is 1.00 bits per heavy atom. The van der Waals surface area contributed by atoms with E-state index in [1.54, 1.807) is 41.7 Å². The van der Waals surface area contributed by atoms with Crippen LogP contribution in [0.1, 0.15) is 5.76 Å². The van der Waals surface area contributed by atoms with Gasteiger partial charge in [0.1, 0.15) is 22.7 Å². The van der Waals surface area contributed by atoms with Gasteiger partial charge in [-0.25, -0.2) is 9.97 Å². The van der Waals surface area contributed by atoms with Crippen molar-refractivity contribution in [2.45, 2.75) is 0 Å². The standard InChI is InChI=1S/C23H15N5O3S/c29-28(30)19-9-5-4-8-17(19)20-11-10-16(31-20)12-26-27-22-21-18(15-6-2-1-3-7-15)13-32-23(21)25-14-24-22/h1-14H,(H,24,25,27). The number of benzene rings is 2. The van der Waals surface area contributed by atoms with Crippen LogP contribution in [0.3, 0.4) is 0 Å². The third-order valence-electron chi connectivity index (χ3n) is 4.81. The highest BCUT2D eigenvalue weighted by Crippen LogP contribution is 2.36. The Labute approximate surface area is 186 Å². The molecule has 3 heterocycles. The molecule has 0 bridgehead atoms. The van der Waals surface area contributed by atoms with Crippen molar-refractivity contribution in [1.29, 1.82) is 0 Å². The molecule has 0 radical (unpaired) electrons. The van der Waals surface area contributed by atoms with E-state index in [4.69, 9.17) is 4.42 Å². The molecule has 0 aliphatic carbocycles. The van der Waals surface area contributed by atoms with Gasteiger partial charge in [-0.05, 0) is 23.8 Å². The van der Waals surface area contributed by atoms with Gasteiger partial charge < -0.3 is 4.42 Å². The minimum absolute atomic E-state index is 0.0160. The second kappa shape index (κ2) is 8.40. The maximum atomic E-state index is 11.3. The summed E-state index contributed by atoms with van der Waals surface area (Å²) in [6, 6.07) is 19.8. The van der Waals surface area contributed by atoms with Crippen molar-refractivity contribution < 1.29 is 9.34 Å². The van der Waals surface area contributed by atoms with Crippen molar-refractivity contribution >= 4 is 39.3 Å². The van der Waals surface area contributed by atoms with Crippen LogP contribution in [0.2, 0.25) is 0 Å². The zero-order valence-electron chi connectivity index (χ0n) is 16.5. The van der Waals surface area contributed by atoms with Crippen LogP contribution in [-0.4, -0.2) is 21.1 Å². The molecule has 0 unspecified atom stereocenters. The number of thiophene rings is 1. The molecular formula is C23H15N5O3S. The predicted molar refractivity (Wildman–Crippen MR) is 125 cm³/mol. The van der Waals surface area contributed by atoms with Crippen molar-refractivity contribution in [3.63, 3.8) is 0 Å². The molecule has 0 fully saturated rings. The van der Waals surface area contributed by atoms with Crippen LogP contribution >= 0.6 is 11.3 Å². The molecule has 1 N–H and O–H groups in total. The van der Waals surface area contributed by atoms with Crippen LogP contribution in [0.5, 0.6) is 0 Å². The molecule has 0 aliphatic rings. The zero-order chi connectivity index (χ0) is 21.9. The smallest absolute Gasteiger partial charge is 0.280 e. The number of rotatable bonds is 6. The van der Waals surface area contributed by atoms with Gasteiger partial charge in [0.15, 0.2) is 5.82 Å². The lowest BCUT2D eigenvalue weighted by Gasteiger charge is -2.04. The fourth-order valence-corrected chi connectivity index (χ4v) is 4.27. The van der Waals surface area contributed by atoms with Crippen LogP contribution in [0.4, 0.5) is 11.5 Å². The van der Waals surface area contributed by atoms with E-state index in [1.165, 1.54) is 18.6 Å². The maximum absolute atomic E-state index is 11.3. The van der Waals surface area contributed by atoms with Crippen molar-refractivity contribution in [3.8, 4) is 22.5 Å². The van der Waals surface area contributed by atoms with E-state index < -0.39 is 4.92 Å². The minimum Gasteiger partial charge on any atom is -0.455 e. The number of anilines is 1. The quantitative estimate of drug-likeness (QED) is 0.198. The summed E-state index contributed by atoms with van der Waals surface area (Å²) in [5, 5.41) is 18.5. The number of nitrogens with zero attached hydrogens (tertiary/aromatic N) is 4. The van der Waals surface area contributed by atoms with Crippen molar-refractivity contribution in [3.05, 3.63) is 94.3 Å². The zero-order valence-corrected chi connectivity index (χ0v) is 17.3. The summed E-state index contributed by atoms with van der Waals surface area (Å²) >= 11 is 1.54. The summed E-state index contributed by atoms with van der Waals surface area (Å²) in [6.07, 6.45) is 2.99. The molecule has 0 saturated heterocycles. The summed E-state index contributed by atoms with van der Waals surface area (Å²) in [7, 11) is 0. The maximum Gasteiger partial charge on any atom is 0.280 e. The van der Waals surface area contributed by atoms with Gasteiger partial charge in [0.2, 0.25) is 0 Å². The van der Waals surface area contributed by atoms with Crippen LogP contribution in [0.15, 0.2) is 88.0 Å². The lowest BCUT2D eigenvalue weighted by Crippen LogP contribution is -1.95. The molecule has 2 aromatic carbocycles. The van der Waals surface area contributed by atoms with Gasteiger partial charge in [-0.15, -0.1) is 11.3 Å². The van der Waals surface area contributed by atoms with Crippen LogP contribution in [-0.2, 0) is 0 Å². The Morgan fingerprint density at radius 3 is 2.66 bits per heavy atom. The molecule has 9 heteroatoms. The van der Waals surface area contributed by atoms with Gasteiger partial charge in [-0.3, -0.25) is 15.5 Å². The largest absolute Gasteiger partial charge is 0.455 e. The molecular weight excluding hydrogens is 426 g/mol. The average molecular weight is 441 g/mol. The number of nitro benzene ring substituents is 1. The molecule has 0 spiro atoms. The van der Waals surface area contributed by atoms with E-state index in [-0.39, 0.29) is 5.69 Å². The van der Waals surface area contributed by atoms with E-state index in [9.17, 15) is 10.1 Å². The molecule has 8 nitrogen and oxygen atoms in total. The SMILES string of the molecule is O=[N+]([O-])c1ccccc1-c1ccc(C=NNc2ncnc3scc(-c4ccccc4)c23)o1. The Hall–Kier alpha value is -4.37. The number of hydrogen-bond donors (Lipinski definition) is 1. The predicted octanol–water partition coefficient (Wildman–Crippen LogP) is 5.97. The lowest BCUT2D eigenvalue weighted by atomic mass is 10.1. The fraction of sp³-hybridized carbons (Fsp3) is 0. The Kier molecular flexibility index (Phi) is 5.14. The Balaban J connectivity index is 1.41. The van der Waals surface area contributed by atoms with E-state index in [0.29, 0.717) is 22.9 Å². The average Bonchev–Trinajstić information content (AvgIpc) is 3.47. The van der Waals surface area contributed by atoms with Crippen molar-refractivity contribution in [1.82, 2.24) is 9.97 Å². The van der Waals surface area contributed by atoms with Gasteiger partial charge in [-0.1, -0.05) is 42.5 Å². The molecule has 5 rings (SSSR count). The number of aromatic nitrogens is 2. The van der Waals surface area contributed by atoms with Gasteiger partial charge in [0.05, 0.1) is 22.1 Å². The number of furan rings is 1. The minimum atomic E-state index is -0.432. The van der Waals surface area contributed by atoms with Crippen LogP contribution < -0.4 is 5.43 Å². The number of nitro groups is 1. The summed E-state index contributed by atoms with van der Waals surface area (Å²) < 4.78 is 5.74. The molecule has 32 heavy (non-hydrogen) atoms. The number of hydrazone groups is 1. The first-order valence-corrected chi connectivity index (χ1v) is 10.5. The van der Waals surface area contributed by atoms with Gasteiger partial charge in [0, 0.05) is 17.0 Å². The van der Waals surface area contributed by atoms with Crippen molar-refractivity contribution in [2.75, 3.05) is 5.43 Å². The highest BCUT2D eigenvalue weighted by Gasteiger charge is 2.17. The molecule has 0 amide bonds. The topological polar surface area (TPSA) is 106 Å². The van der Waals surface area contributed by atoms with Gasteiger partial charge in [0.25, 0.3) is 5.69 Å².